The number of carbonyl (C=O) groups excluding carboxylic acids is 1. The third-order valence-corrected chi connectivity index (χ3v) is 3.30. The molecule has 17 heavy (non-hydrogen) atoms. The standard InChI is InChI=1S/C11H12Cl2N2O2/c1-17-11(16)9-4-7(14)10-6(13)2-5(12)3-8(10)15-9/h2-3,7,9,15H,4,14H2,1H3/t7-,9+/m1/s1. The molecule has 3 N–H and O–H groups in total. The van der Waals surface area contributed by atoms with Crippen LogP contribution in [0.25, 0.3) is 0 Å². The molecule has 0 unspecified atom stereocenters. The quantitative estimate of drug-likeness (QED) is 0.772. The van der Waals surface area contributed by atoms with Gasteiger partial charge in [0.05, 0.1) is 7.11 Å². The van der Waals surface area contributed by atoms with Crippen molar-refractivity contribution in [3.63, 3.8) is 0 Å². The molecule has 0 fully saturated rings. The molecule has 0 spiro atoms. The van der Waals surface area contributed by atoms with Crippen molar-refractivity contribution >= 4 is 34.9 Å². The molecule has 1 aliphatic rings. The summed E-state index contributed by atoms with van der Waals surface area (Å²) in [6.07, 6.45) is 0.445. The Morgan fingerprint density at radius 2 is 2.24 bits per heavy atom. The first-order chi connectivity index (χ1) is 8.02. The fraction of sp³-hybridized carbons (Fsp3) is 0.364. The van der Waals surface area contributed by atoms with Crippen LogP contribution >= 0.6 is 23.2 Å². The van der Waals surface area contributed by atoms with Crippen molar-refractivity contribution in [2.24, 2.45) is 5.73 Å². The highest BCUT2D eigenvalue weighted by Crippen LogP contribution is 2.38. The number of esters is 1. The molecule has 0 amide bonds. The number of methoxy groups -OCH3 is 1. The minimum atomic E-state index is -0.461. The smallest absolute Gasteiger partial charge is 0.328 e. The molecular formula is C11H12Cl2N2O2. The van der Waals surface area contributed by atoms with E-state index in [2.05, 4.69) is 5.32 Å². The van der Waals surface area contributed by atoms with Crippen molar-refractivity contribution in [1.82, 2.24) is 0 Å². The SMILES string of the molecule is COC(=O)[C@@H]1C[C@@H](N)c2c(Cl)cc(Cl)cc2N1. The number of benzene rings is 1. The number of hydrogen-bond acceptors (Lipinski definition) is 4. The number of nitrogens with one attached hydrogen (secondary N) is 1. The number of hydrogen-bond donors (Lipinski definition) is 2. The Bertz CT molecular complexity index is 465. The lowest BCUT2D eigenvalue weighted by Gasteiger charge is -2.30. The monoisotopic (exact) mass is 274 g/mol. The van der Waals surface area contributed by atoms with Gasteiger partial charge in [-0.25, -0.2) is 4.79 Å². The van der Waals surface area contributed by atoms with Gasteiger partial charge in [-0.05, 0) is 18.6 Å². The van der Waals surface area contributed by atoms with Crippen LogP contribution in [0.15, 0.2) is 12.1 Å². The van der Waals surface area contributed by atoms with Gasteiger partial charge in [-0.1, -0.05) is 23.2 Å². The van der Waals surface area contributed by atoms with E-state index in [0.29, 0.717) is 22.2 Å². The second-order valence-corrected chi connectivity index (χ2v) is 4.75. The van der Waals surface area contributed by atoms with Gasteiger partial charge in [0.15, 0.2) is 0 Å². The minimum absolute atomic E-state index is 0.305. The van der Waals surface area contributed by atoms with Gasteiger partial charge in [0.2, 0.25) is 0 Å². The van der Waals surface area contributed by atoms with Gasteiger partial charge in [-0.2, -0.15) is 0 Å². The summed E-state index contributed by atoms with van der Waals surface area (Å²) in [7, 11) is 1.34. The average Bonchev–Trinajstić information content (AvgIpc) is 2.26. The first-order valence-electron chi connectivity index (χ1n) is 5.12. The molecule has 1 aromatic carbocycles. The first kappa shape index (κ1) is 12.5. The van der Waals surface area contributed by atoms with Gasteiger partial charge in [0.25, 0.3) is 0 Å². The normalized spacial score (nSPS) is 22.6. The molecule has 0 bridgehead atoms. The Morgan fingerprint density at radius 3 is 2.88 bits per heavy atom. The number of halogens is 2. The van der Waals surface area contributed by atoms with Crippen LogP contribution in [-0.2, 0) is 9.53 Å². The fourth-order valence-electron chi connectivity index (χ4n) is 2.00. The fourth-order valence-corrected chi connectivity index (χ4v) is 2.63. The summed E-state index contributed by atoms with van der Waals surface area (Å²) in [6.45, 7) is 0. The second kappa shape index (κ2) is 4.72. The van der Waals surface area contributed by atoms with E-state index in [1.54, 1.807) is 12.1 Å². The van der Waals surface area contributed by atoms with E-state index in [1.165, 1.54) is 7.11 Å². The molecule has 0 saturated heterocycles. The van der Waals surface area contributed by atoms with Crippen molar-refractivity contribution in [3.8, 4) is 0 Å². The van der Waals surface area contributed by atoms with Gasteiger partial charge in [-0.3, -0.25) is 0 Å². The first-order valence-corrected chi connectivity index (χ1v) is 5.87. The number of ether oxygens (including phenoxy) is 1. The van der Waals surface area contributed by atoms with Gasteiger partial charge < -0.3 is 15.8 Å². The Kier molecular flexibility index (Phi) is 3.47. The number of anilines is 1. The zero-order valence-corrected chi connectivity index (χ0v) is 10.7. The molecule has 1 aliphatic heterocycles. The average molecular weight is 275 g/mol. The van der Waals surface area contributed by atoms with Crippen LogP contribution in [-0.4, -0.2) is 19.1 Å². The van der Waals surface area contributed by atoms with Crippen LogP contribution in [0.4, 0.5) is 5.69 Å². The summed E-state index contributed by atoms with van der Waals surface area (Å²) in [5.41, 5.74) is 7.48. The van der Waals surface area contributed by atoms with Crippen LogP contribution in [0.1, 0.15) is 18.0 Å². The molecule has 1 heterocycles. The molecule has 2 rings (SSSR count). The van der Waals surface area contributed by atoms with E-state index < -0.39 is 6.04 Å². The maximum absolute atomic E-state index is 11.5. The highest BCUT2D eigenvalue weighted by Gasteiger charge is 2.31. The molecule has 0 aromatic heterocycles. The van der Waals surface area contributed by atoms with Crippen molar-refractivity contribution in [2.45, 2.75) is 18.5 Å². The van der Waals surface area contributed by atoms with Gasteiger partial charge >= 0.3 is 5.97 Å². The van der Waals surface area contributed by atoms with E-state index in [9.17, 15) is 4.79 Å². The van der Waals surface area contributed by atoms with Crippen LogP contribution in [0.5, 0.6) is 0 Å². The summed E-state index contributed by atoms with van der Waals surface area (Å²) in [5, 5.41) is 4.05. The van der Waals surface area contributed by atoms with Crippen LogP contribution in [0.3, 0.4) is 0 Å². The van der Waals surface area contributed by atoms with Crippen molar-refractivity contribution in [3.05, 3.63) is 27.7 Å². The topological polar surface area (TPSA) is 64.3 Å². The molecule has 6 heteroatoms. The lowest BCUT2D eigenvalue weighted by atomic mass is 9.93. The van der Waals surface area contributed by atoms with Crippen molar-refractivity contribution in [1.29, 1.82) is 0 Å². The highest BCUT2D eigenvalue weighted by atomic mass is 35.5. The van der Waals surface area contributed by atoms with Gasteiger partial charge in [-0.15, -0.1) is 0 Å². The number of nitrogens with two attached hydrogens (primary N) is 1. The molecule has 4 nitrogen and oxygen atoms in total. The van der Waals surface area contributed by atoms with Crippen molar-refractivity contribution < 1.29 is 9.53 Å². The third-order valence-electron chi connectivity index (χ3n) is 2.77. The summed E-state index contributed by atoms with van der Waals surface area (Å²) < 4.78 is 4.69. The summed E-state index contributed by atoms with van der Waals surface area (Å²) in [5.74, 6) is -0.345. The summed E-state index contributed by atoms with van der Waals surface area (Å²) in [4.78, 5) is 11.5. The Morgan fingerprint density at radius 1 is 1.53 bits per heavy atom. The predicted octanol–water partition coefficient (Wildman–Crippen LogP) is 2.35. The minimum Gasteiger partial charge on any atom is -0.467 e. The number of rotatable bonds is 1. The summed E-state index contributed by atoms with van der Waals surface area (Å²) >= 11 is 12.0. The molecule has 92 valence electrons. The number of carbonyl (C=O) groups is 1. The Balaban J connectivity index is 2.39. The lowest BCUT2D eigenvalue weighted by molar-refractivity contribution is -0.141. The maximum Gasteiger partial charge on any atom is 0.328 e. The molecule has 0 saturated carbocycles. The second-order valence-electron chi connectivity index (χ2n) is 3.91. The molecule has 0 aliphatic carbocycles. The van der Waals surface area contributed by atoms with Crippen LogP contribution in [0, 0.1) is 0 Å². The zero-order chi connectivity index (χ0) is 12.6. The molecular weight excluding hydrogens is 263 g/mol. The van der Waals surface area contributed by atoms with Crippen molar-refractivity contribution in [2.75, 3.05) is 12.4 Å². The van der Waals surface area contributed by atoms with E-state index in [1.807, 2.05) is 0 Å². The van der Waals surface area contributed by atoms with E-state index in [-0.39, 0.29) is 12.0 Å². The van der Waals surface area contributed by atoms with Gasteiger partial charge in [0, 0.05) is 27.3 Å². The maximum atomic E-state index is 11.5. The van der Waals surface area contributed by atoms with E-state index in [4.69, 9.17) is 33.7 Å². The van der Waals surface area contributed by atoms with Crippen LogP contribution in [0.2, 0.25) is 10.0 Å². The third kappa shape index (κ3) is 2.34. The number of fused-ring (bicyclic) bond motifs is 1. The predicted molar refractivity (Wildman–Crippen MR) is 67.4 cm³/mol. The summed E-state index contributed by atoms with van der Waals surface area (Å²) in [6, 6.07) is 2.58. The Hall–Kier alpha value is -0.970. The van der Waals surface area contributed by atoms with Crippen LogP contribution < -0.4 is 11.1 Å². The van der Waals surface area contributed by atoms with E-state index in [0.717, 1.165) is 5.56 Å². The molecule has 0 radical (unpaired) electrons. The zero-order valence-electron chi connectivity index (χ0n) is 9.17. The highest BCUT2D eigenvalue weighted by molar-refractivity contribution is 6.35. The molecule has 2 atom stereocenters. The lowest BCUT2D eigenvalue weighted by Crippen LogP contribution is -2.38. The van der Waals surface area contributed by atoms with Gasteiger partial charge in [0.1, 0.15) is 6.04 Å². The largest absolute Gasteiger partial charge is 0.467 e. The Labute approximate surface area is 109 Å². The molecule has 1 aromatic rings. The van der Waals surface area contributed by atoms with E-state index >= 15 is 0 Å².